The van der Waals surface area contributed by atoms with Gasteiger partial charge >= 0.3 is 0 Å². The van der Waals surface area contributed by atoms with Crippen LogP contribution in [-0.2, 0) is 9.59 Å². The fourth-order valence-corrected chi connectivity index (χ4v) is 3.54. The number of rotatable bonds is 6. The molecule has 0 saturated heterocycles. The Labute approximate surface area is 145 Å². The van der Waals surface area contributed by atoms with Crippen molar-refractivity contribution in [3.05, 3.63) is 23.2 Å². The summed E-state index contributed by atoms with van der Waals surface area (Å²) < 4.78 is 0. The van der Waals surface area contributed by atoms with Crippen LogP contribution in [0.3, 0.4) is 0 Å². The van der Waals surface area contributed by atoms with Gasteiger partial charge in [0.1, 0.15) is 0 Å². The molecule has 1 aromatic rings. The lowest BCUT2D eigenvalue weighted by Gasteiger charge is -2.28. The fourth-order valence-electron chi connectivity index (χ4n) is 2.27. The van der Waals surface area contributed by atoms with Crippen LogP contribution in [0.5, 0.6) is 0 Å². The molecule has 0 aromatic heterocycles. The Bertz CT molecular complexity index is 605. The van der Waals surface area contributed by atoms with Crippen LogP contribution in [0.2, 0.25) is 5.02 Å². The first kappa shape index (κ1) is 18.1. The lowest BCUT2D eigenvalue weighted by atomic mass is 9.94. The summed E-state index contributed by atoms with van der Waals surface area (Å²) in [5.41, 5.74) is 6.48. The Balaban J connectivity index is 1.94. The second-order valence-corrected chi connectivity index (χ2v) is 7.47. The van der Waals surface area contributed by atoms with E-state index < -0.39 is 5.25 Å². The minimum Gasteiger partial charge on any atom is -0.354 e. The van der Waals surface area contributed by atoms with Crippen LogP contribution in [0.1, 0.15) is 33.1 Å². The molecule has 7 heteroatoms. The average Bonchev–Trinajstić information content (AvgIpc) is 2.53. The molecule has 1 unspecified atom stereocenters. The predicted octanol–water partition coefficient (Wildman–Crippen LogP) is 2.78. The number of thioether (sulfide) groups is 1. The number of anilines is 1. The molecule has 0 radical (unpaired) electrons. The van der Waals surface area contributed by atoms with Crippen molar-refractivity contribution < 1.29 is 9.59 Å². The Morgan fingerprint density at radius 2 is 2.13 bits per heavy atom. The van der Waals surface area contributed by atoms with Crippen LogP contribution in [0, 0.1) is 0 Å². The Kier molecular flexibility index (Phi) is 5.95. The van der Waals surface area contributed by atoms with Gasteiger partial charge in [-0.05, 0) is 31.0 Å². The van der Waals surface area contributed by atoms with Gasteiger partial charge in [0.25, 0.3) is 0 Å². The van der Waals surface area contributed by atoms with Gasteiger partial charge in [-0.3, -0.25) is 9.59 Å². The van der Waals surface area contributed by atoms with Gasteiger partial charge in [0.2, 0.25) is 11.8 Å². The number of hydrogen-bond donors (Lipinski definition) is 3. The summed E-state index contributed by atoms with van der Waals surface area (Å²) >= 11 is 7.30. The van der Waals surface area contributed by atoms with Crippen molar-refractivity contribution in [2.45, 2.75) is 48.8 Å². The lowest BCUT2D eigenvalue weighted by Crippen LogP contribution is -2.49. The second-order valence-electron chi connectivity index (χ2n) is 5.79. The maximum absolute atomic E-state index is 12.1. The Hall–Kier alpha value is -1.24. The van der Waals surface area contributed by atoms with E-state index in [2.05, 4.69) is 10.6 Å². The number of benzene rings is 1. The van der Waals surface area contributed by atoms with Crippen LogP contribution >= 0.6 is 23.4 Å². The highest BCUT2D eigenvalue weighted by atomic mass is 35.5. The number of halogens is 1. The molecule has 0 saturated carbocycles. The predicted molar refractivity (Wildman–Crippen MR) is 94.9 cm³/mol. The largest absolute Gasteiger partial charge is 0.354 e. The molecule has 0 spiro atoms. The summed E-state index contributed by atoms with van der Waals surface area (Å²) in [5.74, 6) is -0.336. The Morgan fingerprint density at radius 3 is 2.78 bits per heavy atom. The molecule has 0 aliphatic carbocycles. The molecule has 1 atom stereocenters. The molecule has 5 nitrogen and oxygen atoms in total. The zero-order chi connectivity index (χ0) is 17.0. The van der Waals surface area contributed by atoms with Crippen molar-refractivity contribution in [2.75, 3.05) is 11.9 Å². The van der Waals surface area contributed by atoms with Crippen molar-refractivity contribution in [2.24, 2.45) is 5.73 Å². The van der Waals surface area contributed by atoms with Crippen molar-refractivity contribution in [1.82, 2.24) is 5.32 Å². The highest BCUT2D eigenvalue weighted by Crippen LogP contribution is 2.38. The van der Waals surface area contributed by atoms with E-state index in [9.17, 15) is 9.59 Å². The SMILES string of the molecule is CCC(N)(CC)CNC(=O)CC1Sc2ccc(Cl)cc2NC1=O. The molecule has 1 aliphatic rings. The maximum atomic E-state index is 12.1. The second kappa shape index (κ2) is 7.55. The van der Waals surface area contributed by atoms with Crippen LogP contribution in [0.15, 0.2) is 23.1 Å². The monoisotopic (exact) mass is 355 g/mol. The molecule has 1 aliphatic heterocycles. The molecular formula is C16H22ClN3O2S. The summed E-state index contributed by atoms with van der Waals surface area (Å²) in [7, 11) is 0. The molecule has 1 heterocycles. The number of fused-ring (bicyclic) bond motifs is 1. The summed E-state index contributed by atoms with van der Waals surface area (Å²) in [6, 6.07) is 5.34. The fraction of sp³-hybridized carbons (Fsp3) is 0.500. The number of carbonyl (C=O) groups excluding carboxylic acids is 2. The van der Waals surface area contributed by atoms with Crippen molar-refractivity contribution in [1.29, 1.82) is 0 Å². The van der Waals surface area contributed by atoms with E-state index in [1.807, 2.05) is 19.9 Å². The van der Waals surface area contributed by atoms with Gasteiger partial charge in [-0.25, -0.2) is 0 Å². The normalized spacial score (nSPS) is 17.4. The first-order valence-electron chi connectivity index (χ1n) is 7.69. The molecule has 23 heavy (non-hydrogen) atoms. The third-order valence-corrected chi connectivity index (χ3v) is 5.69. The zero-order valence-electron chi connectivity index (χ0n) is 13.3. The van der Waals surface area contributed by atoms with E-state index in [0.717, 1.165) is 17.7 Å². The lowest BCUT2D eigenvalue weighted by molar-refractivity contribution is -0.124. The average molecular weight is 356 g/mol. The summed E-state index contributed by atoms with van der Waals surface area (Å²) in [4.78, 5) is 25.2. The number of nitrogens with two attached hydrogens (primary N) is 1. The van der Waals surface area contributed by atoms with Gasteiger partial charge in [0.15, 0.2) is 0 Å². The quantitative estimate of drug-likeness (QED) is 0.732. The standard InChI is InChI=1S/C16H22ClN3O2S/c1-3-16(18,4-2)9-19-14(21)8-13-15(22)20-11-7-10(17)5-6-12(11)23-13/h5-7,13H,3-4,8-9,18H2,1-2H3,(H,19,21)(H,20,22). The molecule has 126 valence electrons. The van der Waals surface area contributed by atoms with E-state index in [1.54, 1.807) is 12.1 Å². The van der Waals surface area contributed by atoms with Gasteiger partial charge in [-0.2, -0.15) is 0 Å². The van der Waals surface area contributed by atoms with E-state index in [4.69, 9.17) is 17.3 Å². The minimum atomic E-state index is -0.445. The molecular weight excluding hydrogens is 334 g/mol. The minimum absolute atomic E-state index is 0.127. The van der Waals surface area contributed by atoms with Crippen LogP contribution in [0.25, 0.3) is 0 Å². The number of nitrogens with one attached hydrogen (secondary N) is 2. The van der Waals surface area contributed by atoms with Crippen LogP contribution in [-0.4, -0.2) is 29.1 Å². The van der Waals surface area contributed by atoms with E-state index in [-0.39, 0.29) is 23.8 Å². The highest BCUT2D eigenvalue weighted by Gasteiger charge is 2.30. The number of hydrogen-bond acceptors (Lipinski definition) is 4. The molecule has 4 N–H and O–H groups in total. The van der Waals surface area contributed by atoms with Gasteiger partial charge < -0.3 is 16.4 Å². The number of amides is 2. The molecule has 2 amide bonds. The molecule has 2 rings (SSSR count). The first-order chi connectivity index (χ1) is 10.9. The first-order valence-corrected chi connectivity index (χ1v) is 8.95. The van der Waals surface area contributed by atoms with E-state index in [0.29, 0.717) is 17.3 Å². The Morgan fingerprint density at radius 1 is 1.43 bits per heavy atom. The molecule has 0 bridgehead atoms. The van der Waals surface area contributed by atoms with Crippen molar-refractivity contribution in [3.8, 4) is 0 Å². The molecule has 0 fully saturated rings. The topological polar surface area (TPSA) is 84.2 Å². The van der Waals surface area contributed by atoms with E-state index in [1.165, 1.54) is 11.8 Å². The van der Waals surface area contributed by atoms with Gasteiger partial charge in [-0.1, -0.05) is 25.4 Å². The zero-order valence-corrected chi connectivity index (χ0v) is 14.9. The van der Waals surface area contributed by atoms with Gasteiger partial charge in [0, 0.05) is 28.4 Å². The van der Waals surface area contributed by atoms with E-state index >= 15 is 0 Å². The van der Waals surface area contributed by atoms with Crippen LogP contribution in [0.4, 0.5) is 5.69 Å². The van der Waals surface area contributed by atoms with Gasteiger partial charge in [-0.15, -0.1) is 11.8 Å². The third-order valence-electron chi connectivity index (χ3n) is 4.18. The van der Waals surface area contributed by atoms with Gasteiger partial charge in [0.05, 0.1) is 10.9 Å². The smallest absolute Gasteiger partial charge is 0.238 e. The highest BCUT2D eigenvalue weighted by molar-refractivity contribution is 8.01. The third kappa shape index (κ3) is 4.62. The number of carbonyl (C=O) groups is 2. The van der Waals surface area contributed by atoms with Crippen LogP contribution < -0.4 is 16.4 Å². The summed E-state index contributed by atoms with van der Waals surface area (Å²) in [5, 5.41) is 5.77. The van der Waals surface area contributed by atoms with Crippen molar-refractivity contribution in [3.63, 3.8) is 0 Å². The molecule has 1 aromatic carbocycles. The summed E-state index contributed by atoms with van der Waals surface area (Å²) in [6.07, 6.45) is 1.70. The maximum Gasteiger partial charge on any atom is 0.238 e. The van der Waals surface area contributed by atoms with Crippen molar-refractivity contribution >= 4 is 40.9 Å². The summed E-state index contributed by atoms with van der Waals surface area (Å²) in [6.45, 7) is 4.42.